The van der Waals surface area contributed by atoms with Crippen LogP contribution in [0.15, 0.2) is 84.0 Å². The van der Waals surface area contributed by atoms with Crippen molar-refractivity contribution in [1.29, 1.82) is 10.5 Å². The molecule has 2 aromatic carbocycles. The van der Waals surface area contributed by atoms with E-state index in [9.17, 15) is 30.3 Å². The van der Waals surface area contributed by atoms with Crippen molar-refractivity contribution in [2.45, 2.75) is 90.0 Å². The average molecular weight is 813 g/mol. The van der Waals surface area contributed by atoms with Crippen molar-refractivity contribution in [1.82, 2.24) is 0 Å². The number of fused-ring (bicyclic) bond motifs is 3. The number of benzene rings is 2. The summed E-state index contributed by atoms with van der Waals surface area (Å²) >= 11 is 3.03. The minimum atomic E-state index is -1.24. The number of allylic oxidation sites excluding steroid dienone is 2. The van der Waals surface area contributed by atoms with Gasteiger partial charge in [0.15, 0.2) is 0 Å². The van der Waals surface area contributed by atoms with Crippen LogP contribution in [-0.2, 0) is 22.4 Å². The number of rotatable bonds is 19. The first-order valence-corrected chi connectivity index (χ1v) is 21.5. The highest BCUT2D eigenvalue weighted by Gasteiger charge is 2.39. The van der Waals surface area contributed by atoms with Gasteiger partial charge in [-0.15, -0.1) is 22.7 Å². The summed E-state index contributed by atoms with van der Waals surface area (Å²) in [4.78, 5) is 27.1. The molecule has 0 radical (unpaired) electrons. The fourth-order valence-corrected chi connectivity index (χ4v) is 9.89. The molecule has 0 bridgehead atoms. The average Bonchev–Trinajstić information content (AvgIpc) is 3.92. The number of hydrogen-bond acceptors (Lipinski definition) is 9. The van der Waals surface area contributed by atoms with Gasteiger partial charge in [-0.2, -0.15) is 10.5 Å². The van der Waals surface area contributed by atoms with E-state index in [0.29, 0.717) is 0 Å². The maximum atomic E-state index is 11.8. The third kappa shape index (κ3) is 9.62. The maximum Gasteiger partial charge on any atom is 0.346 e. The number of nitrogens with zero attached hydrogens (tertiary/aromatic N) is 3. The molecule has 3 N–H and O–H groups in total. The predicted octanol–water partition coefficient (Wildman–Crippen LogP) is 11.7. The van der Waals surface area contributed by atoms with Gasteiger partial charge < -0.3 is 14.9 Å². The summed E-state index contributed by atoms with van der Waals surface area (Å²) in [7, 11) is 1.65. The number of aryl methyl sites for hydroxylation is 2. The molecular weight excluding hydrogens is 765 g/mol. The summed E-state index contributed by atoms with van der Waals surface area (Å²) in [5, 5.41) is 40.5. The minimum absolute atomic E-state index is 0.0482. The van der Waals surface area contributed by atoms with E-state index < -0.39 is 11.9 Å². The zero-order valence-corrected chi connectivity index (χ0v) is 34.7. The van der Waals surface area contributed by atoms with Crippen LogP contribution in [0.1, 0.15) is 102 Å². The molecule has 2 aliphatic rings. The Morgan fingerprint density at radius 1 is 0.810 bits per heavy atom. The molecule has 4 aromatic rings. The lowest BCUT2D eigenvalue weighted by molar-refractivity contribution is -0.133. The number of nitrogens with one attached hydrogen (secondary N) is 1. The van der Waals surface area contributed by atoms with Gasteiger partial charge in [0.25, 0.3) is 0 Å². The number of nitriles is 2. The summed E-state index contributed by atoms with van der Waals surface area (Å²) in [6.45, 7) is 4.37. The van der Waals surface area contributed by atoms with Crippen LogP contribution < -0.4 is 15.2 Å². The van der Waals surface area contributed by atoms with Crippen molar-refractivity contribution in [3.63, 3.8) is 0 Å². The zero-order valence-electron chi connectivity index (χ0n) is 33.1. The van der Waals surface area contributed by atoms with Crippen LogP contribution >= 0.6 is 22.7 Å². The minimum Gasteiger partial charge on any atom is -0.497 e. The van der Waals surface area contributed by atoms with Crippen LogP contribution in [-0.4, -0.2) is 35.3 Å². The van der Waals surface area contributed by atoms with Gasteiger partial charge in [-0.1, -0.05) is 76.7 Å². The number of anilines is 2. The first-order valence-electron chi connectivity index (χ1n) is 19.9. The van der Waals surface area contributed by atoms with Crippen LogP contribution in [0.5, 0.6) is 5.75 Å². The molecule has 2 unspecified atom stereocenters. The number of aliphatic carboxylic acids is 2. The van der Waals surface area contributed by atoms with Gasteiger partial charge in [-0.3, -0.25) is 10.4 Å². The Balaban J connectivity index is 1.45. The van der Waals surface area contributed by atoms with Crippen molar-refractivity contribution >= 4 is 63.7 Å². The highest BCUT2D eigenvalue weighted by atomic mass is 32.1. The molecule has 2 atom stereocenters. The van der Waals surface area contributed by atoms with E-state index in [1.165, 1.54) is 34.8 Å². The molecule has 1 aliphatic heterocycles. The molecule has 2 aromatic heterocycles. The summed E-state index contributed by atoms with van der Waals surface area (Å²) in [6.07, 6.45) is 20.1. The van der Waals surface area contributed by atoms with Crippen LogP contribution in [0, 0.1) is 22.7 Å². The summed E-state index contributed by atoms with van der Waals surface area (Å²) in [6, 6.07) is 22.0. The molecule has 58 heavy (non-hydrogen) atoms. The van der Waals surface area contributed by atoms with Crippen LogP contribution in [0.2, 0.25) is 0 Å². The molecule has 1 aliphatic carbocycles. The molecule has 0 spiro atoms. The van der Waals surface area contributed by atoms with Gasteiger partial charge in [-0.05, 0) is 114 Å². The molecule has 0 saturated carbocycles. The second-order valence-corrected chi connectivity index (χ2v) is 16.7. The molecule has 0 saturated heterocycles. The third-order valence-electron chi connectivity index (χ3n) is 10.5. The number of carboxylic acids is 2. The van der Waals surface area contributed by atoms with Gasteiger partial charge in [0.2, 0.25) is 0 Å². The van der Waals surface area contributed by atoms with Crippen LogP contribution in [0.4, 0.5) is 11.4 Å². The molecule has 6 rings (SSSR count). The predicted molar refractivity (Wildman–Crippen MR) is 235 cm³/mol. The topological polar surface area (TPSA) is 147 Å². The van der Waals surface area contributed by atoms with Crippen molar-refractivity contribution in [2.24, 2.45) is 0 Å². The van der Waals surface area contributed by atoms with Crippen molar-refractivity contribution in [3.8, 4) is 28.3 Å². The number of carboxylic acid groups (broad SMARTS) is 2. The number of hydrazine groups is 1. The Hall–Kier alpha value is -5.88. The zero-order chi connectivity index (χ0) is 41.2. The number of thiophene rings is 2. The Labute approximate surface area is 348 Å². The number of unbranched alkanes of at least 4 members (excludes halogenated alkanes) is 6. The fourth-order valence-electron chi connectivity index (χ4n) is 7.58. The van der Waals surface area contributed by atoms with E-state index in [4.69, 9.17) is 4.74 Å². The number of hydrogen-bond donors (Lipinski definition) is 3. The van der Waals surface area contributed by atoms with Gasteiger partial charge in [-0.25, -0.2) is 9.59 Å². The Kier molecular flexibility index (Phi) is 14.0. The van der Waals surface area contributed by atoms with Gasteiger partial charge >= 0.3 is 11.9 Å². The van der Waals surface area contributed by atoms with Crippen molar-refractivity contribution in [3.05, 3.63) is 115 Å². The molecule has 0 amide bonds. The largest absolute Gasteiger partial charge is 0.497 e. The molecule has 3 heterocycles. The fraction of sp³-hybridized carbons (Fsp3) is 0.319. The highest BCUT2D eigenvalue weighted by molar-refractivity contribution is 7.16. The Morgan fingerprint density at radius 3 is 1.95 bits per heavy atom. The lowest BCUT2D eigenvalue weighted by atomic mass is 9.86. The summed E-state index contributed by atoms with van der Waals surface area (Å²) in [5.41, 5.74) is 10.5. The smallest absolute Gasteiger partial charge is 0.346 e. The summed E-state index contributed by atoms with van der Waals surface area (Å²) < 4.78 is 5.41. The van der Waals surface area contributed by atoms with E-state index >= 15 is 0 Å². The quantitative estimate of drug-likeness (QED) is 0.0478. The normalized spacial score (nSPS) is 15.9. The lowest BCUT2D eigenvalue weighted by Gasteiger charge is -2.30. The molecule has 298 valence electrons. The van der Waals surface area contributed by atoms with Crippen molar-refractivity contribution in [2.75, 3.05) is 17.5 Å². The lowest BCUT2D eigenvalue weighted by Crippen LogP contribution is -2.37. The molecular formula is C47H48N4O5S2. The van der Waals surface area contributed by atoms with Crippen LogP contribution in [0.3, 0.4) is 0 Å². The standard InChI is InChI=1S/C47H48N4O5S2/c1-4-6-8-10-12-30-22-38(24-34(28-48)46(52)53)57-44(30)32-14-20-42-40(26-32)41-27-33(15-21-43(41)51(42)50-36-16-18-37(56-3)19-17-36)45-31(13-11-9-7-5-2)23-39(58-45)25-35(29-49)47(54)55/h14-27,40,42,50H,4-13H2,1-3H3,(H,52,53)(H,54,55)/b34-24+,35-25+. The highest BCUT2D eigenvalue weighted by Crippen LogP contribution is 2.49. The van der Waals surface area contributed by atoms with E-state index in [1.807, 2.05) is 48.5 Å². The number of methoxy groups -OCH3 is 1. The van der Waals surface area contributed by atoms with Gasteiger partial charge in [0.1, 0.15) is 29.0 Å². The monoisotopic (exact) mass is 812 g/mol. The van der Waals surface area contributed by atoms with E-state index in [1.54, 1.807) is 7.11 Å². The number of ether oxygens (including phenoxy) is 1. The second-order valence-electron chi connectivity index (χ2n) is 14.6. The number of carbonyl (C=O) groups is 2. The SMILES string of the molecule is CCCCCCc1cc(/C=C(\C#N)C(=O)O)sc1C1=CC2c3cc(-c4sc(/C=C(\C#N)C(=O)O)cc4CCCCCC)ccc3N(Nc3ccc(OC)cc3)C2C=C1. The van der Waals surface area contributed by atoms with E-state index in [2.05, 4.69) is 60.7 Å². The molecule has 11 heteroatoms. The Morgan fingerprint density at radius 2 is 1.40 bits per heavy atom. The van der Waals surface area contributed by atoms with Crippen molar-refractivity contribution < 1.29 is 24.5 Å². The van der Waals surface area contributed by atoms with Gasteiger partial charge in [0, 0.05) is 25.4 Å². The molecule has 0 fully saturated rings. The maximum absolute atomic E-state index is 11.8. The molecule has 9 nitrogen and oxygen atoms in total. The Bertz CT molecular complexity index is 2350. The van der Waals surface area contributed by atoms with E-state index in [0.717, 1.165) is 129 Å². The van der Waals surface area contributed by atoms with Crippen LogP contribution in [0.25, 0.3) is 28.2 Å². The van der Waals surface area contributed by atoms with E-state index in [-0.39, 0.29) is 23.1 Å². The third-order valence-corrected chi connectivity index (χ3v) is 12.9. The second kappa shape index (κ2) is 19.5. The first-order chi connectivity index (χ1) is 28.2. The summed E-state index contributed by atoms with van der Waals surface area (Å²) in [5.74, 6) is -1.77. The first kappa shape index (κ1) is 41.7. The van der Waals surface area contributed by atoms with Gasteiger partial charge in [0.05, 0.1) is 24.5 Å².